The molecule has 7 heteroatoms. The average Bonchev–Trinajstić information content (AvgIpc) is 2.41. The molecule has 1 N–H and O–H groups in total. The molecule has 0 heterocycles. The van der Waals surface area contributed by atoms with E-state index in [9.17, 15) is 19.3 Å². The molecule has 2 rings (SSSR count). The van der Waals surface area contributed by atoms with Crippen molar-refractivity contribution in [3.8, 4) is 11.5 Å². The van der Waals surface area contributed by atoms with Crippen molar-refractivity contribution in [2.24, 2.45) is 0 Å². The van der Waals surface area contributed by atoms with Gasteiger partial charge in [-0.3, -0.25) is 10.1 Å². The Balaban J connectivity index is 2.30. The summed E-state index contributed by atoms with van der Waals surface area (Å²) < 4.78 is 18.2. The van der Waals surface area contributed by atoms with E-state index in [4.69, 9.17) is 9.84 Å². The van der Waals surface area contributed by atoms with Crippen molar-refractivity contribution in [2.45, 2.75) is 0 Å². The lowest BCUT2D eigenvalue weighted by Crippen LogP contribution is -1.96. The average molecular weight is 277 g/mol. The van der Waals surface area contributed by atoms with Crippen molar-refractivity contribution in [2.75, 3.05) is 0 Å². The highest BCUT2D eigenvalue weighted by molar-refractivity contribution is 5.87. The Kier molecular flexibility index (Phi) is 3.60. The van der Waals surface area contributed by atoms with E-state index in [2.05, 4.69) is 0 Å². The van der Waals surface area contributed by atoms with Crippen LogP contribution < -0.4 is 4.74 Å². The molecule has 0 saturated carbocycles. The van der Waals surface area contributed by atoms with Crippen LogP contribution in [-0.2, 0) is 0 Å². The number of aromatic carboxylic acids is 1. The minimum absolute atomic E-state index is 0.0611. The van der Waals surface area contributed by atoms with E-state index in [-0.39, 0.29) is 17.1 Å². The fraction of sp³-hybridized carbons (Fsp3) is 0. The van der Waals surface area contributed by atoms with Gasteiger partial charge in [0.2, 0.25) is 5.75 Å². The molecule has 0 aliphatic carbocycles. The minimum Gasteiger partial charge on any atom is -0.478 e. The Labute approximate surface area is 112 Å². The first-order valence-electron chi connectivity index (χ1n) is 5.42. The molecule has 0 atom stereocenters. The number of carboxylic acids is 1. The summed E-state index contributed by atoms with van der Waals surface area (Å²) in [5, 5.41) is 19.5. The van der Waals surface area contributed by atoms with Gasteiger partial charge in [-0.2, -0.15) is 0 Å². The molecule has 102 valence electrons. The number of rotatable bonds is 4. The first kappa shape index (κ1) is 13.5. The van der Waals surface area contributed by atoms with Crippen LogP contribution in [0, 0.1) is 15.9 Å². The van der Waals surface area contributed by atoms with Crippen LogP contribution in [0.5, 0.6) is 11.5 Å². The summed E-state index contributed by atoms with van der Waals surface area (Å²) in [6, 6.07) is 8.24. The van der Waals surface area contributed by atoms with Gasteiger partial charge in [-0.05, 0) is 36.4 Å². The van der Waals surface area contributed by atoms with Crippen LogP contribution >= 0.6 is 0 Å². The number of nitro benzene ring substituents is 1. The van der Waals surface area contributed by atoms with Gasteiger partial charge in [-0.15, -0.1) is 0 Å². The molecule has 2 aromatic rings. The fourth-order valence-electron chi connectivity index (χ4n) is 1.51. The topological polar surface area (TPSA) is 89.7 Å². The standard InChI is InChI=1S/C13H8FNO5/c14-9-3-6-12(11(7-9)15(18)19)20-10-4-1-8(2-5-10)13(16)17/h1-7H,(H,16,17). The second-order valence-electron chi connectivity index (χ2n) is 3.80. The summed E-state index contributed by atoms with van der Waals surface area (Å²) in [4.78, 5) is 20.7. The molecule has 0 aliphatic rings. The maximum atomic E-state index is 13.0. The third-order valence-electron chi connectivity index (χ3n) is 2.45. The van der Waals surface area contributed by atoms with Crippen LogP contribution in [0.1, 0.15) is 10.4 Å². The molecule has 0 amide bonds. The predicted molar refractivity (Wildman–Crippen MR) is 66.5 cm³/mol. The SMILES string of the molecule is O=C(O)c1ccc(Oc2ccc(F)cc2[N+](=O)[O-])cc1. The molecule has 2 aromatic carbocycles. The second kappa shape index (κ2) is 5.35. The van der Waals surface area contributed by atoms with E-state index in [1.54, 1.807) is 0 Å². The molecule has 0 bridgehead atoms. The Hall–Kier alpha value is -2.96. The van der Waals surface area contributed by atoms with Gasteiger partial charge in [-0.25, -0.2) is 9.18 Å². The molecule has 0 unspecified atom stereocenters. The number of carboxylic acid groups (broad SMARTS) is 1. The van der Waals surface area contributed by atoms with Crippen molar-refractivity contribution in [1.29, 1.82) is 0 Å². The molecular weight excluding hydrogens is 269 g/mol. The normalized spacial score (nSPS) is 10.1. The third kappa shape index (κ3) is 2.89. The van der Waals surface area contributed by atoms with Crippen LogP contribution in [-0.4, -0.2) is 16.0 Å². The lowest BCUT2D eigenvalue weighted by atomic mass is 10.2. The number of halogens is 1. The van der Waals surface area contributed by atoms with E-state index >= 15 is 0 Å². The van der Waals surface area contributed by atoms with Crippen LogP contribution in [0.15, 0.2) is 42.5 Å². The van der Waals surface area contributed by atoms with Crippen LogP contribution in [0.2, 0.25) is 0 Å². The molecule has 0 aliphatic heterocycles. The lowest BCUT2D eigenvalue weighted by molar-refractivity contribution is -0.385. The van der Waals surface area contributed by atoms with E-state index in [0.29, 0.717) is 0 Å². The molecule has 20 heavy (non-hydrogen) atoms. The molecule has 6 nitrogen and oxygen atoms in total. The summed E-state index contributed by atoms with van der Waals surface area (Å²) in [5.74, 6) is -1.75. The van der Waals surface area contributed by atoms with Gasteiger partial charge in [0, 0.05) is 0 Å². The van der Waals surface area contributed by atoms with Gasteiger partial charge < -0.3 is 9.84 Å². The summed E-state index contributed by atoms with van der Waals surface area (Å²) >= 11 is 0. The summed E-state index contributed by atoms with van der Waals surface area (Å²) in [6.07, 6.45) is 0. The lowest BCUT2D eigenvalue weighted by Gasteiger charge is -2.06. The third-order valence-corrected chi connectivity index (χ3v) is 2.45. The number of hydrogen-bond donors (Lipinski definition) is 1. The first-order chi connectivity index (χ1) is 9.47. The van der Waals surface area contributed by atoms with Crippen LogP contribution in [0.4, 0.5) is 10.1 Å². The van der Waals surface area contributed by atoms with Gasteiger partial charge >= 0.3 is 11.7 Å². The quantitative estimate of drug-likeness (QED) is 0.684. The zero-order valence-corrected chi connectivity index (χ0v) is 9.95. The van der Waals surface area contributed by atoms with Gasteiger partial charge in [0.1, 0.15) is 11.6 Å². The van der Waals surface area contributed by atoms with Crippen LogP contribution in [0.25, 0.3) is 0 Å². The molecule has 0 fully saturated rings. The molecule has 0 saturated heterocycles. The second-order valence-corrected chi connectivity index (χ2v) is 3.80. The number of hydrogen-bond acceptors (Lipinski definition) is 4. The number of carbonyl (C=O) groups is 1. The highest BCUT2D eigenvalue weighted by Gasteiger charge is 2.17. The highest BCUT2D eigenvalue weighted by Crippen LogP contribution is 2.31. The number of nitrogens with zero attached hydrogens (tertiary/aromatic N) is 1. The monoisotopic (exact) mass is 277 g/mol. The molecule has 0 aromatic heterocycles. The van der Waals surface area contributed by atoms with Gasteiger partial charge in [0.15, 0.2) is 0 Å². The predicted octanol–water partition coefficient (Wildman–Crippen LogP) is 3.22. The number of nitro groups is 1. The first-order valence-corrected chi connectivity index (χ1v) is 5.42. The highest BCUT2D eigenvalue weighted by atomic mass is 19.1. The van der Waals surface area contributed by atoms with Gasteiger partial charge in [0.25, 0.3) is 0 Å². The Morgan fingerprint density at radius 1 is 1.20 bits per heavy atom. The minimum atomic E-state index is -1.09. The zero-order chi connectivity index (χ0) is 14.7. The van der Waals surface area contributed by atoms with Gasteiger partial charge in [-0.1, -0.05) is 0 Å². The largest absolute Gasteiger partial charge is 0.478 e. The Bertz CT molecular complexity index is 669. The van der Waals surface area contributed by atoms with E-state index in [0.717, 1.165) is 18.2 Å². The summed E-state index contributed by atoms with van der Waals surface area (Å²) in [5.41, 5.74) is -0.446. The smallest absolute Gasteiger partial charge is 0.335 e. The number of ether oxygens (including phenoxy) is 1. The maximum absolute atomic E-state index is 13.0. The van der Waals surface area contributed by atoms with Crippen molar-refractivity contribution >= 4 is 11.7 Å². The van der Waals surface area contributed by atoms with E-state index in [1.165, 1.54) is 24.3 Å². The number of benzene rings is 2. The van der Waals surface area contributed by atoms with Crippen LogP contribution in [0.3, 0.4) is 0 Å². The van der Waals surface area contributed by atoms with Gasteiger partial charge in [0.05, 0.1) is 16.6 Å². The molecular formula is C13H8FNO5. The van der Waals surface area contributed by atoms with E-state index in [1.807, 2.05) is 0 Å². The maximum Gasteiger partial charge on any atom is 0.335 e. The summed E-state index contributed by atoms with van der Waals surface area (Å²) in [7, 11) is 0. The van der Waals surface area contributed by atoms with Crippen molar-refractivity contribution in [3.63, 3.8) is 0 Å². The molecule has 0 spiro atoms. The summed E-state index contributed by atoms with van der Waals surface area (Å²) in [6.45, 7) is 0. The van der Waals surface area contributed by atoms with Crippen molar-refractivity contribution < 1.29 is 24.0 Å². The van der Waals surface area contributed by atoms with Crippen molar-refractivity contribution in [3.05, 3.63) is 64.0 Å². The fourth-order valence-corrected chi connectivity index (χ4v) is 1.51. The van der Waals surface area contributed by atoms with Crippen molar-refractivity contribution in [1.82, 2.24) is 0 Å². The Morgan fingerprint density at radius 2 is 1.85 bits per heavy atom. The van der Waals surface area contributed by atoms with E-state index < -0.39 is 22.4 Å². The zero-order valence-electron chi connectivity index (χ0n) is 9.95. The Morgan fingerprint density at radius 3 is 2.40 bits per heavy atom. The molecule has 0 radical (unpaired) electrons.